The van der Waals surface area contributed by atoms with Crippen LogP contribution in [-0.4, -0.2) is 28.4 Å². The van der Waals surface area contributed by atoms with Gasteiger partial charge in [0.05, 0.1) is 0 Å². The molecule has 0 radical (unpaired) electrons. The van der Waals surface area contributed by atoms with Gasteiger partial charge in [-0.1, -0.05) is 41.6 Å². The first-order valence-electron chi connectivity index (χ1n) is 5.58. The quantitative estimate of drug-likeness (QED) is 0.802. The van der Waals surface area contributed by atoms with E-state index in [-0.39, 0.29) is 5.12 Å². The molecule has 86 valence electrons. The molecule has 1 aliphatic heterocycles. The van der Waals surface area contributed by atoms with E-state index in [1.807, 2.05) is 0 Å². The van der Waals surface area contributed by atoms with Crippen LogP contribution in [0.3, 0.4) is 0 Å². The molecule has 0 atom stereocenters. The van der Waals surface area contributed by atoms with E-state index in [1.165, 1.54) is 22.9 Å². The first-order valence-corrected chi connectivity index (χ1v) is 6.46. The Labute approximate surface area is 101 Å². The van der Waals surface area contributed by atoms with Crippen molar-refractivity contribution in [1.82, 2.24) is 4.90 Å². The predicted molar refractivity (Wildman–Crippen MR) is 68.5 cm³/mol. The molecule has 1 aromatic rings. The molecule has 0 aliphatic carbocycles. The Hall–Kier alpha value is -0.800. The number of benzene rings is 1. The van der Waals surface area contributed by atoms with Crippen LogP contribution in [0.25, 0.3) is 0 Å². The van der Waals surface area contributed by atoms with E-state index in [0.29, 0.717) is 5.25 Å². The Balaban J connectivity index is 1.77. The molecule has 2 rings (SSSR count). The van der Waals surface area contributed by atoms with Crippen LogP contribution in [-0.2, 0) is 11.3 Å². The highest BCUT2D eigenvalue weighted by Crippen LogP contribution is 2.24. The number of carbonyl (C=O) groups excluding carboxylic acids is 1. The van der Waals surface area contributed by atoms with Crippen LogP contribution in [0.15, 0.2) is 24.3 Å². The van der Waals surface area contributed by atoms with Gasteiger partial charge in [0, 0.05) is 31.8 Å². The van der Waals surface area contributed by atoms with Crippen molar-refractivity contribution < 1.29 is 4.79 Å². The zero-order valence-electron chi connectivity index (χ0n) is 9.77. The number of nitrogens with zero attached hydrogens (tertiary/aromatic N) is 1. The van der Waals surface area contributed by atoms with Crippen molar-refractivity contribution in [2.75, 3.05) is 13.1 Å². The summed E-state index contributed by atoms with van der Waals surface area (Å²) in [4.78, 5) is 13.3. The Kier molecular flexibility index (Phi) is 3.66. The van der Waals surface area contributed by atoms with E-state index < -0.39 is 0 Å². The smallest absolute Gasteiger partial charge is 0.186 e. The topological polar surface area (TPSA) is 20.3 Å². The fourth-order valence-electron chi connectivity index (χ4n) is 1.91. The highest BCUT2D eigenvalue weighted by Gasteiger charge is 2.27. The molecule has 0 spiro atoms. The van der Waals surface area contributed by atoms with E-state index in [4.69, 9.17) is 0 Å². The number of likely N-dealkylation sites (tertiary alicyclic amines) is 1. The van der Waals surface area contributed by atoms with Gasteiger partial charge in [0.2, 0.25) is 0 Å². The third kappa shape index (κ3) is 3.09. The largest absolute Gasteiger partial charge is 0.297 e. The van der Waals surface area contributed by atoms with Crippen LogP contribution in [0.1, 0.15) is 18.1 Å². The van der Waals surface area contributed by atoms with Crippen LogP contribution in [0.4, 0.5) is 0 Å². The van der Waals surface area contributed by atoms with Crippen molar-refractivity contribution >= 4 is 16.9 Å². The Morgan fingerprint density at radius 3 is 2.56 bits per heavy atom. The number of rotatable bonds is 3. The summed E-state index contributed by atoms with van der Waals surface area (Å²) in [7, 11) is 0. The molecule has 1 heterocycles. The second-order valence-electron chi connectivity index (χ2n) is 4.41. The molecule has 16 heavy (non-hydrogen) atoms. The summed E-state index contributed by atoms with van der Waals surface area (Å²) in [6.45, 7) is 6.84. The highest BCUT2D eigenvalue weighted by molar-refractivity contribution is 8.14. The number of hydrogen-bond donors (Lipinski definition) is 0. The summed E-state index contributed by atoms with van der Waals surface area (Å²) in [5.41, 5.74) is 2.66. The molecule has 1 aromatic carbocycles. The van der Waals surface area contributed by atoms with Crippen LogP contribution in [0.2, 0.25) is 0 Å². The third-order valence-electron chi connectivity index (χ3n) is 2.78. The van der Waals surface area contributed by atoms with E-state index in [0.717, 1.165) is 19.6 Å². The lowest BCUT2D eigenvalue weighted by molar-refractivity contribution is -0.109. The van der Waals surface area contributed by atoms with E-state index >= 15 is 0 Å². The standard InChI is InChI=1S/C13H17NOS/c1-10-3-5-12(6-4-10)7-14-8-13(9-14)16-11(2)15/h3-6,13H,7-9H2,1-2H3. The average Bonchev–Trinajstić information content (AvgIpc) is 2.17. The summed E-state index contributed by atoms with van der Waals surface area (Å²) in [6, 6.07) is 8.66. The Morgan fingerprint density at radius 1 is 1.38 bits per heavy atom. The lowest BCUT2D eigenvalue weighted by Gasteiger charge is -2.38. The molecule has 2 nitrogen and oxygen atoms in total. The van der Waals surface area contributed by atoms with Gasteiger partial charge >= 0.3 is 0 Å². The zero-order chi connectivity index (χ0) is 11.5. The van der Waals surface area contributed by atoms with Crippen LogP contribution >= 0.6 is 11.8 Å². The lowest BCUT2D eigenvalue weighted by Crippen LogP contribution is -2.48. The maximum absolute atomic E-state index is 10.9. The molecule has 0 saturated carbocycles. The summed E-state index contributed by atoms with van der Waals surface area (Å²) in [6.07, 6.45) is 0. The van der Waals surface area contributed by atoms with Gasteiger partial charge in [-0.2, -0.15) is 0 Å². The number of thioether (sulfide) groups is 1. The summed E-state index contributed by atoms with van der Waals surface area (Å²) < 4.78 is 0. The van der Waals surface area contributed by atoms with E-state index in [9.17, 15) is 4.79 Å². The molecule has 1 fully saturated rings. The Morgan fingerprint density at radius 2 is 2.00 bits per heavy atom. The average molecular weight is 235 g/mol. The Bertz CT molecular complexity index is 368. The molecule has 0 bridgehead atoms. The zero-order valence-corrected chi connectivity index (χ0v) is 10.6. The van der Waals surface area contributed by atoms with Crippen molar-refractivity contribution in [2.45, 2.75) is 25.6 Å². The first-order chi connectivity index (χ1) is 7.63. The number of aryl methyl sites for hydroxylation is 1. The summed E-state index contributed by atoms with van der Waals surface area (Å²) in [5.74, 6) is 0. The lowest BCUT2D eigenvalue weighted by atomic mass is 10.1. The fourth-order valence-corrected chi connectivity index (χ4v) is 2.95. The van der Waals surface area contributed by atoms with Crippen LogP contribution < -0.4 is 0 Å². The number of carbonyl (C=O) groups is 1. The van der Waals surface area contributed by atoms with E-state index in [1.54, 1.807) is 6.92 Å². The minimum absolute atomic E-state index is 0.236. The number of hydrogen-bond acceptors (Lipinski definition) is 3. The summed E-state index contributed by atoms with van der Waals surface area (Å²) in [5, 5.41) is 0.753. The monoisotopic (exact) mass is 235 g/mol. The first kappa shape index (κ1) is 11.7. The van der Waals surface area contributed by atoms with Gasteiger partial charge in [-0.05, 0) is 12.5 Å². The molecule has 0 unspecified atom stereocenters. The molecular formula is C13H17NOS. The van der Waals surface area contributed by atoms with Crippen molar-refractivity contribution in [3.05, 3.63) is 35.4 Å². The van der Waals surface area contributed by atoms with Crippen LogP contribution in [0, 0.1) is 6.92 Å². The van der Waals surface area contributed by atoms with Crippen molar-refractivity contribution in [1.29, 1.82) is 0 Å². The maximum atomic E-state index is 10.9. The maximum Gasteiger partial charge on any atom is 0.186 e. The molecule has 0 N–H and O–H groups in total. The van der Waals surface area contributed by atoms with Gasteiger partial charge in [-0.25, -0.2) is 0 Å². The fraction of sp³-hybridized carbons (Fsp3) is 0.462. The van der Waals surface area contributed by atoms with Gasteiger partial charge in [-0.3, -0.25) is 9.69 Å². The third-order valence-corrected chi connectivity index (χ3v) is 3.75. The SMILES string of the molecule is CC(=O)SC1CN(Cc2ccc(C)cc2)C1. The molecule has 0 aromatic heterocycles. The van der Waals surface area contributed by atoms with Gasteiger partial charge in [0.25, 0.3) is 0 Å². The second kappa shape index (κ2) is 5.02. The second-order valence-corrected chi connectivity index (χ2v) is 5.89. The van der Waals surface area contributed by atoms with Crippen molar-refractivity contribution in [2.24, 2.45) is 0 Å². The molecule has 0 amide bonds. The van der Waals surface area contributed by atoms with Gasteiger partial charge in [-0.15, -0.1) is 0 Å². The minimum Gasteiger partial charge on any atom is -0.297 e. The normalized spacial score (nSPS) is 17.1. The summed E-state index contributed by atoms with van der Waals surface area (Å²) >= 11 is 1.48. The van der Waals surface area contributed by atoms with E-state index in [2.05, 4.69) is 36.1 Å². The van der Waals surface area contributed by atoms with Crippen molar-refractivity contribution in [3.8, 4) is 0 Å². The predicted octanol–water partition coefficient (Wildman–Crippen LogP) is 2.46. The van der Waals surface area contributed by atoms with Crippen LogP contribution in [0.5, 0.6) is 0 Å². The van der Waals surface area contributed by atoms with Gasteiger partial charge < -0.3 is 0 Å². The van der Waals surface area contributed by atoms with Gasteiger partial charge in [0.1, 0.15) is 0 Å². The molecular weight excluding hydrogens is 218 g/mol. The highest BCUT2D eigenvalue weighted by atomic mass is 32.2. The minimum atomic E-state index is 0.236. The van der Waals surface area contributed by atoms with Crippen molar-refractivity contribution in [3.63, 3.8) is 0 Å². The van der Waals surface area contributed by atoms with Gasteiger partial charge in [0.15, 0.2) is 5.12 Å². The molecule has 1 saturated heterocycles. The molecule has 3 heteroatoms. The molecule has 1 aliphatic rings.